The van der Waals surface area contributed by atoms with Crippen LogP contribution < -0.4 is 10.6 Å². The molecule has 10 heteroatoms. The third-order valence-electron chi connectivity index (χ3n) is 6.34. The predicted octanol–water partition coefficient (Wildman–Crippen LogP) is 3.66. The average Bonchev–Trinajstić information content (AvgIpc) is 3.42. The van der Waals surface area contributed by atoms with Gasteiger partial charge in [0, 0.05) is 24.9 Å². The van der Waals surface area contributed by atoms with Gasteiger partial charge in [0.25, 0.3) is 0 Å². The molecule has 0 aliphatic carbocycles. The second kappa shape index (κ2) is 10.1. The third-order valence-corrected chi connectivity index (χ3v) is 6.34. The highest BCUT2D eigenvalue weighted by Crippen LogP contribution is 2.34. The molecule has 0 radical (unpaired) electrons. The molecule has 2 aliphatic heterocycles. The first-order chi connectivity index (χ1) is 16.3. The summed E-state index contributed by atoms with van der Waals surface area (Å²) in [7, 11) is 0. The number of alkyl halides is 3. The molecule has 1 aromatic heterocycles. The number of carbonyl (C=O) groups is 1. The van der Waals surface area contributed by atoms with Crippen LogP contribution in [-0.4, -0.2) is 58.1 Å². The van der Waals surface area contributed by atoms with E-state index < -0.39 is 12.1 Å². The Morgan fingerprint density at radius 2 is 1.85 bits per heavy atom. The lowest BCUT2D eigenvalue weighted by Gasteiger charge is -2.38. The van der Waals surface area contributed by atoms with Crippen molar-refractivity contribution in [3.05, 3.63) is 60.4 Å². The zero-order valence-electron chi connectivity index (χ0n) is 18.5. The zero-order chi connectivity index (χ0) is 24.2. The number of hydrogen-bond donors (Lipinski definition) is 3. The summed E-state index contributed by atoms with van der Waals surface area (Å²) < 4.78 is 40.1. The Morgan fingerprint density at radius 1 is 1.18 bits per heavy atom. The van der Waals surface area contributed by atoms with E-state index in [9.17, 15) is 13.2 Å². The molecule has 1 spiro atoms. The number of para-hydroxylation sites is 2. The topological polar surface area (TPSA) is 88.4 Å². The lowest BCUT2D eigenvalue weighted by Crippen LogP contribution is -2.53. The molecule has 0 bridgehead atoms. The summed E-state index contributed by atoms with van der Waals surface area (Å²) in [4.78, 5) is 13.4. The number of hydrogen-bond acceptors (Lipinski definition) is 5. The van der Waals surface area contributed by atoms with Gasteiger partial charge in [0.15, 0.2) is 0 Å². The van der Waals surface area contributed by atoms with Gasteiger partial charge in [-0.2, -0.15) is 13.2 Å². The fraction of sp³-hybridized carbons (Fsp3) is 0.417. The van der Waals surface area contributed by atoms with Crippen LogP contribution in [0.3, 0.4) is 0 Å². The van der Waals surface area contributed by atoms with Crippen LogP contribution in [0.2, 0.25) is 0 Å². The van der Waals surface area contributed by atoms with Crippen LogP contribution >= 0.6 is 0 Å². The summed E-state index contributed by atoms with van der Waals surface area (Å²) in [6, 6.07) is 17.5. The monoisotopic (exact) mass is 476 g/mol. The quantitative estimate of drug-likeness (QED) is 0.533. The van der Waals surface area contributed by atoms with E-state index in [1.165, 1.54) is 5.56 Å². The number of nitrogens with one attached hydrogen (secondary N) is 2. The fourth-order valence-corrected chi connectivity index (χ4v) is 4.55. The van der Waals surface area contributed by atoms with E-state index in [1.54, 1.807) is 0 Å². The van der Waals surface area contributed by atoms with Crippen molar-refractivity contribution in [1.29, 1.82) is 0 Å². The Hall–Kier alpha value is -2.95. The molecule has 2 saturated heterocycles. The zero-order valence-corrected chi connectivity index (χ0v) is 18.5. The van der Waals surface area contributed by atoms with Crippen LogP contribution in [-0.2, 0) is 16.1 Å². The number of nitrogens with zero attached hydrogens (tertiary/aromatic N) is 2. The fourth-order valence-electron chi connectivity index (χ4n) is 4.55. The van der Waals surface area contributed by atoms with Gasteiger partial charge in [-0.3, -0.25) is 4.57 Å². The second-order valence-electron chi connectivity index (χ2n) is 8.46. The van der Waals surface area contributed by atoms with Gasteiger partial charge in [-0.1, -0.05) is 24.3 Å². The number of piperidine rings is 1. The van der Waals surface area contributed by atoms with Crippen LogP contribution in [0.15, 0.2) is 54.9 Å². The summed E-state index contributed by atoms with van der Waals surface area (Å²) in [6.07, 6.45) is 0.141. The number of carboxylic acid groups (broad SMARTS) is 1. The number of aromatic nitrogens is 2. The van der Waals surface area contributed by atoms with Crippen molar-refractivity contribution in [2.24, 2.45) is 0 Å². The van der Waals surface area contributed by atoms with Crippen molar-refractivity contribution in [2.75, 3.05) is 19.7 Å². The molecule has 2 fully saturated rings. The highest BCUT2D eigenvalue weighted by molar-refractivity contribution is 5.77. The van der Waals surface area contributed by atoms with E-state index in [-0.39, 0.29) is 5.60 Å². The molecule has 2 aliphatic rings. The summed E-state index contributed by atoms with van der Waals surface area (Å²) in [5.41, 5.74) is 4.66. The Morgan fingerprint density at radius 3 is 2.53 bits per heavy atom. The van der Waals surface area contributed by atoms with Crippen LogP contribution in [0.5, 0.6) is 0 Å². The van der Waals surface area contributed by atoms with Crippen molar-refractivity contribution >= 4 is 17.0 Å². The highest BCUT2D eigenvalue weighted by atomic mass is 19.4. The van der Waals surface area contributed by atoms with E-state index in [2.05, 4.69) is 56.6 Å². The van der Waals surface area contributed by atoms with E-state index in [4.69, 9.17) is 14.6 Å². The molecular formula is C24H27F3N4O3. The number of fused-ring (bicyclic) bond motifs is 1. The minimum Gasteiger partial charge on any atom is -0.475 e. The summed E-state index contributed by atoms with van der Waals surface area (Å²) >= 11 is 0. The van der Waals surface area contributed by atoms with Gasteiger partial charge in [-0.05, 0) is 62.2 Å². The molecule has 2 aromatic carbocycles. The molecule has 3 heterocycles. The maximum Gasteiger partial charge on any atom is 0.490 e. The first kappa shape index (κ1) is 24.2. The number of imidazole rings is 1. The summed E-state index contributed by atoms with van der Waals surface area (Å²) in [5.74, 6) is -2.76. The molecule has 5 rings (SSSR count). The van der Waals surface area contributed by atoms with Gasteiger partial charge in [0.05, 0.1) is 16.6 Å². The van der Waals surface area contributed by atoms with Crippen LogP contribution in [0.4, 0.5) is 13.2 Å². The lowest BCUT2D eigenvalue weighted by molar-refractivity contribution is -0.192. The average molecular weight is 476 g/mol. The molecule has 0 amide bonds. The molecule has 3 N–H and O–H groups in total. The minimum atomic E-state index is -5.08. The van der Waals surface area contributed by atoms with Gasteiger partial charge in [-0.15, -0.1) is 0 Å². The minimum absolute atomic E-state index is 0.0426. The van der Waals surface area contributed by atoms with Crippen molar-refractivity contribution < 1.29 is 27.8 Å². The van der Waals surface area contributed by atoms with Crippen molar-refractivity contribution in [2.45, 2.75) is 43.6 Å². The van der Waals surface area contributed by atoms with Gasteiger partial charge in [0.1, 0.15) is 6.33 Å². The van der Waals surface area contributed by atoms with E-state index in [0.717, 1.165) is 62.2 Å². The predicted molar refractivity (Wildman–Crippen MR) is 121 cm³/mol. The van der Waals surface area contributed by atoms with Crippen molar-refractivity contribution in [3.63, 3.8) is 0 Å². The maximum atomic E-state index is 10.6. The van der Waals surface area contributed by atoms with Crippen LogP contribution in [0, 0.1) is 0 Å². The molecule has 0 saturated carbocycles. The Balaban J connectivity index is 0.000000344. The summed E-state index contributed by atoms with van der Waals surface area (Å²) in [6.45, 7) is 3.88. The Labute approximate surface area is 194 Å². The number of benzene rings is 2. The van der Waals surface area contributed by atoms with E-state index in [0.29, 0.717) is 6.04 Å². The number of carboxylic acids is 1. The molecular weight excluding hydrogens is 449 g/mol. The Bertz CT molecular complexity index is 1110. The molecule has 3 aromatic rings. The standard InChI is InChI=1S/C22H26N4O.C2HF3O2/c1-2-4-20-19(3-1)25-16-26(20)18-7-5-17(6-8-18)15-24-21-9-14-27-22(21)10-12-23-13-11-22;3-2(4,5)1(6)7/h1-8,16,21,23-24H,9-15H2;(H,6,7). The second-order valence-corrected chi connectivity index (χ2v) is 8.46. The summed E-state index contributed by atoms with van der Waals surface area (Å²) in [5, 5.41) is 14.3. The first-order valence-electron chi connectivity index (χ1n) is 11.2. The molecule has 1 unspecified atom stereocenters. The van der Waals surface area contributed by atoms with Crippen molar-refractivity contribution in [3.8, 4) is 5.69 Å². The van der Waals surface area contributed by atoms with E-state index in [1.807, 2.05) is 18.5 Å². The molecule has 1 atom stereocenters. The smallest absolute Gasteiger partial charge is 0.475 e. The van der Waals surface area contributed by atoms with E-state index >= 15 is 0 Å². The number of aliphatic carboxylic acids is 1. The van der Waals surface area contributed by atoms with Gasteiger partial charge in [-0.25, -0.2) is 9.78 Å². The maximum absolute atomic E-state index is 10.6. The number of ether oxygens (including phenoxy) is 1. The van der Waals surface area contributed by atoms with Crippen LogP contribution in [0.1, 0.15) is 24.8 Å². The molecule has 182 valence electrons. The molecule has 7 nitrogen and oxygen atoms in total. The largest absolute Gasteiger partial charge is 0.490 e. The molecule has 34 heavy (non-hydrogen) atoms. The highest BCUT2D eigenvalue weighted by Gasteiger charge is 2.44. The van der Waals surface area contributed by atoms with Gasteiger partial charge < -0.3 is 20.5 Å². The Kier molecular flexibility index (Phi) is 7.20. The first-order valence-corrected chi connectivity index (χ1v) is 11.2. The van der Waals surface area contributed by atoms with Gasteiger partial charge >= 0.3 is 12.1 Å². The SMILES string of the molecule is O=C(O)C(F)(F)F.c1ccc2c(c1)ncn2-c1ccc(CNC2CCOC23CCNCC3)cc1. The van der Waals surface area contributed by atoms with Crippen molar-refractivity contribution in [1.82, 2.24) is 20.2 Å². The number of rotatable bonds is 4. The normalized spacial score (nSPS) is 19.7. The van der Waals surface area contributed by atoms with Gasteiger partial charge in [0.2, 0.25) is 0 Å². The lowest BCUT2D eigenvalue weighted by atomic mass is 9.85. The third kappa shape index (κ3) is 5.40. The number of halogens is 3. The van der Waals surface area contributed by atoms with Crippen LogP contribution in [0.25, 0.3) is 16.7 Å².